The third kappa shape index (κ3) is 4.28. The largest absolute Gasteiger partial charge is 0.480 e. The maximum absolute atomic E-state index is 13.1. The Morgan fingerprint density at radius 2 is 2.03 bits per heavy atom. The Bertz CT molecular complexity index is 1100. The van der Waals surface area contributed by atoms with Gasteiger partial charge in [0.1, 0.15) is 6.04 Å². The number of hydrogen-bond acceptors (Lipinski definition) is 4. The van der Waals surface area contributed by atoms with Gasteiger partial charge in [-0.3, -0.25) is 0 Å². The number of H-pyrrole nitrogens is 1. The number of nitrogens with zero attached hydrogens (tertiary/aromatic N) is 2. The maximum atomic E-state index is 13.1. The summed E-state index contributed by atoms with van der Waals surface area (Å²) in [5.74, 6) is -1.01. The van der Waals surface area contributed by atoms with E-state index < -0.39 is 12.0 Å². The van der Waals surface area contributed by atoms with E-state index in [0.717, 1.165) is 35.0 Å². The molecule has 2 aliphatic rings. The molecule has 8 heteroatoms. The molecule has 0 radical (unpaired) electrons. The molecule has 32 heavy (non-hydrogen) atoms. The van der Waals surface area contributed by atoms with E-state index in [2.05, 4.69) is 36.1 Å². The van der Waals surface area contributed by atoms with E-state index >= 15 is 0 Å². The molecule has 170 valence electrons. The number of fused-ring (bicyclic) bond motifs is 3. The van der Waals surface area contributed by atoms with Crippen LogP contribution in [0.5, 0.6) is 0 Å². The molecule has 0 bridgehead atoms. The van der Waals surface area contributed by atoms with E-state index in [1.807, 2.05) is 24.3 Å². The zero-order chi connectivity index (χ0) is 23.1. The van der Waals surface area contributed by atoms with Crippen LogP contribution >= 0.6 is 0 Å². The molecule has 1 aliphatic heterocycles. The number of rotatable bonds is 4. The van der Waals surface area contributed by atoms with Crippen molar-refractivity contribution >= 4 is 29.0 Å². The molecule has 1 aliphatic carbocycles. The van der Waals surface area contributed by atoms with Crippen molar-refractivity contribution in [3.63, 3.8) is 0 Å². The molecule has 3 atom stereocenters. The van der Waals surface area contributed by atoms with Crippen molar-refractivity contribution in [3.8, 4) is 0 Å². The number of carboxylic acids is 1. The minimum absolute atomic E-state index is 0.0171. The average Bonchev–Trinajstić information content (AvgIpc) is 3.07. The van der Waals surface area contributed by atoms with E-state index in [1.54, 1.807) is 6.08 Å². The fourth-order valence-corrected chi connectivity index (χ4v) is 5.91. The van der Waals surface area contributed by atoms with Gasteiger partial charge >= 0.3 is 12.0 Å². The van der Waals surface area contributed by atoms with Gasteiger partial charge in [0, 0.05) is 29.6 Å². The Labute approximate surface area is 187 Å². The summed E-state index contributed by atoms with van der Waals surface area (Å²) >= 11 is 0. The number of amides is 2. The molecule has 1 aromatic heterocycles. The van der Waals surface area contributed by atoms with Gasteiger partial charge in [0.15, 0.2) is 0 Å². The molecule has 2 amide bonds. The van der Waals surface area contributed by atoms with Crippen LogP contribution < -0.4 is 5.32 Å². The minimum atomic E-state index is -1.01. The van der Waals surface area contributed by atoms with Gasteiger partial charge < -0.3 is 20.3 Å². The van der Waals surface area contributed by atoms with Crippen LogP contribution in [-0.2, 0) is 22.6 Å². The topological polar surface area (TPSA) is 115 Å². The summed E-state index contributed by atoms with van der Waals surface area (Å²) in [6.45, 7) is 6.97. The number of aromatic amines is 1. The van der Waals surface area contributed by atoms with E-state index in [0.29, 0.717) is 13.0 Å². The Balaban J connectivity index is 1.52. The molecule has 8 nitrogen and oxygen atoms in total. The summed E-state index contributed by atoms with van der Waals surface area (Å²) in [6, 6.07) is 6.36. The van der Waals surface area contributed by atoms with Gasteiger partial charge in [-0.05, 0) is 41.7 Å². The molecule has 4 rings (SSSR count). The second-order valence-electron chi connectivity index (χ2n) is 10.4. The van der Waals surface area contributed by atoms with Crippen molar-refractivity contribution in [1.29, 1.82) is 0 Å². The van der Waals surface area contributed by atoms with E-state index in [-0.39, 0.29) is 35.9 Å². The molecule has 1 fully saturated rings. The summed E-state index contributed by atoms with van der Waals surface area (Å²) < 4.78 is 0. The second-order valence-corrected chi connectivity index (χ2v) is 10.4. The first-order chi connectivity index (χ1) is 15.1. The molecule has 1 saturated carbocycles. The number of nitrogens with one attached hydrogen (secondary N) is 2. The lowest BCUT2D eigenvalue weighted by Crippen LogP contribution is -2.54. The van der Waals surface area contributed by atoms with Gasteiger partial charge in [-0.2, -0.15) is 0 Å². The predicted octanol–water partition coefficient (Wildman–Crippen LogP) is 3.61. The molecule has 2 aromatic rings. The summed E-state index contributed by atoms with van der Waals surface area (Å²) in [7, 11) is 0. The van der Waals surface area contributed by atoms with Crippen LogP contribution in [0, 0.1) is 10.8 Å². The van der Waals surface area contributed by atoms with Crippen molar-refractivity contribution < 1.29 is 19.5 Å². The lowest BCUT2D eigenvalue weighted by Gasteiger charge is -2.45. The molecule has 1 aromatic carbocycles. The van der Waals surface area contributed by atoms with Crippen LogP contribution in [0.25, 0.3) is 10.9 Å². The third-order valence-electron chi connectivity index (χ3n) is 6.87. The Kier molecular flexibility index (Phi) is 5.59. The number of aromatic nitrogens is 1. The number of carboxylic acid groups (broad SMARTS) is 1. The van der Waals surface area contributed by atoms with Crippen LogP contribution in [0.15, 0.2) is 29.3 Å². The predicted molar refractivity (Wildman–Crippen MR) is 120 cm³/mol. The zero-order valence-corrected chi connectivity index (χ0v) is 18.8. The Hall–Kier alpha value is -3.12. The number of hydrogen-bond donors (Lipinski definition) is 3. The molecule has 0 spiro atoms. The van der Waals surface area contributed by atoms with Gasteiger partial charge in [-0.1, -0.05) is 39.0 Å². The lowest BCUT2D eigenvalue weighted by molar-refractivity contribution is -0.142. The van der Waals surface area contributed by atoms with E-state index in [4.69, 9.17) is 0 Å². The van der Waals surface area contributed by atoms with Crippen molar-refractivity contribution in [2.24, 2.45) is 15.8 Å². The van der Waals surface area contributed by atoms with Crippen LogP contribution in [0.4, 0.5) is 4.79 Å². The number of urea groups is 1. The normalized spacial score (nSPS) is 26.8. The molecule has 3 unspecified atom stereocenters. The molecule has 3 N–H and O–H groups in total. The highest BCUT2D eigenvalue weighted by molar-refractivity contribution is 5.89. The third-order valence-corrected chi connectivity index (χ3v) is 6.87. The molecule has 2 heterocycles. The van der Waals surface area contributed by atoms with Gasteiger partial charge in [0.25, 0.3) is 0 Å². The van der Waals surface area contributed by atoms with Crippen molar-refractivity contribution in [2.75, 3.05) is 6.54 Å². The summed E-state index contributed by atoms with van der Waals surface area (Å²) in [4.78, 5) is 44.7. The fourth-order valence-electron chi connectivity index (χ4n) is 5.91. The van der Waals surface area contributed by atoms with Crippen LogP contribution in [0.1, 0.15) is 51.3 Å². The SMILES string of the molecule is CC1(C)CC(N=C=O)CC(C)(CNC(=O)N2Cc3[nH]c4ccccc4c3CC2C(=O)O)C1. The highest BCUT2D eigenvalue weighted by atomic mass is 16.4. The van der Waals surface area contributed by atoms with Crippen LogP contribution in [0.3, 0.4) is 0 Å². The first-order valence-corrected chi connectivity index (χ1v) is 11.0. The van der Waals surface area contributed by atoms with Crippen LogP contribution in [-0.4, -0.2) is 51.7 Å². The highest BCUT2D eigenvalue weighted by Gasteiger charge is 2.42. The van der Waals surface area contributed by atoms with Crippen molar-refractivity contribution in [1.82, 2.24) is 15.2 Å². The Morgan fingerprint density at radius 3 is 2.75 bits per heavy atom. The zero-order valence-electron chi connectivity index (χ0n) is 18.8. The minimum Gasteiger partial charge on any atom is -0.480 e. The fraction of sp³-hybridized carbons (Fsp3) is 0.542. The van der Waals surface area contributed by atoms with E-state index in [9.17, 15) is 19.5 Å². The average molecular weight is 439 g/mol. The van der Waals surface area contributed by atoms with Gasteiger partial charge in [-0.15, -0.1) is 0 Å². The molecular formula is C24H30N4O4. The van der Waals surface area contributed by atoms with Gasteiger partial charge in [-0.25, -0.2) is 19.4 Å². The summed E-state index contributed by atoms with van der Waals surface area (Å²) in [5, 5.41) is 13.8. The number of aliphatic carboxylic acids is 1. The number of aliphatic imine (C=N–C) groups is 1. The number of carbonyl (C=O) groups is 2. The number of isocyanates is 1. The van der Waals surface area contributed by atoms with Crippen LogP contribution in [0.2, 0.25) is 0 Å². The number of benzene rings is 1. The summed E-state index contributed by atoms with van der Waals surface area (Å²) in [5.41, 5.74) is 2.53. The quantitative estimate of drug-likeness (QED) is 0.500. The smallest absolute Gasteiger partial charge is 0.326 e. The van der Waals surface area contributed by atoms with Crippen molar-refractivity contribution in [3.05, 3.63) is 35.5 Å². The van der Waals surface area contributed by atoms with Crippen molar-refractivity contribution in [2.45, 2.75) is 65.1 Å². The number of carbonyl (C=O) groups excluding carboxylic acids is 2. The van der Waals surface area contributed by atoms with Gasteiger partial charge in [0.2, 0.25) is 6.08 Å². The molecule has 0 saturated heterocycles. The van der Waals surface area contributed by atoms with Gasteiger partial charge in [0.05, 0.1) is 12.6 Å². The molecular weight excluding hydrogens is 408 g/mol. The summed E-state index contributed by atoms with van der Waals surface area (Å²) in [6.07, 6.45) is 4.31. The first-order valence-electron chi connectivity index (χ1n) is 11.0. The first kappa shape index (κ1) is 22.1. The number of para-hydroxylation sites is 1. The van der Waals surface area contributed by atoms with E-state index in [1.165, 1.54) is 4.90 Å². The maximum Gasteiger partial charge on any atom is 0.326 e. The Morgan fingerprint density at radius 1 is 1.28 bits per heavy atom. The highest BCUT2D eigenvalue weighted by Crippen LogP contribution is 2.46. The standard InChI is InChI=1S/C24H30N4O4/c1-23(2)9-15(26-14-29)10-24(3,12-23)13-25-22(32)28-11-19-17(8-20(28)21(30)31)16-6-4-5-7-18(16)27-19/h4-7,15,20,27H,8-13H2,1-3H3,(H,25,32)(H,30,31). The lowest BCUT2D eigenvalue weighted by atomic mass is 9.63. The monoisotopic (exact) mass is 438 g/mol. The second kappa shape index (κ2) is 8.10.